The largest absolute Gasteiger partial charge is 0.461 e. The predicted octanol–water partition coefficient (Wildman–Crippen LogP) is 4.80. The van der Waals surface area contributed by atoms with E-state index in [0.717, 1.165) is 11.1 Å². The van der Waals surface area contributed by atoms with Crippen molar-refractivity contribution in [3.05, 3.63) is 61.1 Å². The molecule has 0 spiro atoms. The van der Waals surface area contributed by atoms with E-state index in [0.29, 0.717) is 34.8 Å². The summed E-state index contributed by atoms with van der Waals surface area (Å²) in [4.78, 5) is 8.96. The molecule has 2 N–H and O–H groups in total. The van der Waals surface area contributed by atoms with E-state index in [9.17, 15) is 0 Å². The number of aromatic amines is 2. The predicted molar refractivity (Wildman–Crippen MR) is 104 cm³/mol. The Morgan fingerprint density at radius 2 is 1.18 bits per heavy atom. The number of benzene rings is 1. The van der Waals surface area contributed by atoms with E-state index in [4.69, 9.17) is 8.83 Å². The lowest BCUT2D eigenvalue weighted by molar-refractivity contribution is 0.577. The highest BCUT2D eigenvalue weighted by Crippen LogP contribution is 2.25. The molecule has 0 saturated heterocycles. The van der Waals surface area contributed by atoms with Crippen LogP contribution in [0.25, 0.3) is 45.9 Å². The summed E-state index contributed by atoms with van der Waals surface area (Å²) in [6.45, 7) is 4.00. The van der Waals surface area contributed by atoms with Gasteiger partial charge in [0.1, 0.15) is 0 Å². The summed E-state index contributed by atoms with van der Waals surface area (Å²) >= 11 is 0. The maximum atomic E-state index is 5.33. The minimum Gasteiger partial charge on any atom is -0.461 e. The van der Waals surface area contributed by atoms with Crippen molar-refractivity contribution in [2.45, 2.75) is 13.8 Å². The standard InChI is InChI=1S/C18H12N6O2.C2H6/c1-4-11(15-19-17(23-21-15)13-6-2-8-25-13)10-12(5-1)16-20-18(24-22-16)14-7-3-9-26-14;1-2/h1-10H,(H,19,21,23)(H,20,22,24);1-2H3. The van der Waals surface area contributed by atoms with Gasteiger partial charge in [0.15, 0.2) is 34.8 Å². The van der Waals surface area contributed by atoms with Crippen LogP contribution in [-0.2, 0) is 0 Å². The zero-order valence-electron chi connectivity index (χ0n) is 15.4. The zero-order chi connectivity index (χ0) is 19.3. The summed E-state index contributed by atoms with van der Waals surface area (Å²) in [5.41, 5.74) is 1.70. The van der Waals surface area contributed by atoms with Crippen molar-refractivity contribution in [1.82, 2.24) is 30.4 Å². The smallest absolute Gasteiger partial charge is 0.192 e. The summed E-state index contributed by atoms with van der Waals surface area (Å²) in [5.74, 6) is 3.57. The second-order valence-corrected chi connectivity index (χ2v) is 5.55. The van der Waals surface area contributed by atoms with E-state index >= 15 is 0 Å². The fourth-order valence-electron chi connectivity index (χ4n) is 2.63. The van der Waals surface area contributed by atoms with Crippen molar-refractivity contribution in [1.29, 1.82) is 0 Å². The lowest BCUT2D eigenvalue weighted by Crippen LogP contribution is -1.85. The summed E-state index contributed by atoms with van der Waals surface area (Å²) < 4.78 is 10.7. The Balaban J connectivity index is 0.000000932. The maximum absolute atomic E-state index is 5.33. The molecule has 0 aliphatic rings. The highest BCUT2D eigenvalue weighted by atomic mass is 16.3. The number of aromatic nitrogens is 6. The lowest BCUT2D eigenvalue weighted by Gasteiger charge is -1.98. The van der Waals surface area contributed by atoms with Gasteiger partial charge < -0.3 is 8.83 Å². The van der Waals surface area contributed by atoms with Crippen LogP contribution in [0.15, 0.2) is 69.9 Å². The average Bonchev–Trinajstić information content (AvgIpc) is 3.55. The van der Waals surface area contributed by atoms with E-state index in [1.54, 1.807) is 24.7 Å². The zero-order valence-corrected chi connectivity index (χ0v) is 15.4. The van der Waals surface area contributed by atoms with Crippen LogP contribution in [0, 0.1) is 0 Å². The summed E-state index contributed by atoms with van der Waals surface area (Å²) in [7, 11) is 0. The molecule has 0 aliphatic carbocycles. The number of rotatable bonds is 4. The molecular formula is C20H18N6O2. The monoisotopic (exact) mass is 374 g/mol. The highest BCUT2D eigenvalue weighted by Gasteiger charge is 2.13. The Kier molecular flexibility index (Phi) is 4.83. The molecule has 0 amide bonds. The molecule has 8 nitrogen and oxygen atoms in total. The van der Waals surface area contributed by atoms with Gasteiger partial charge in [0.2, 0.25) is 0 Å². The Morgan fingerprint density at radius 3 is 1.61 bits per heavy atom. The molecule has 0 aliphatic heterocycles. The third kappa shape index (κ3) is 3.35. The van der Waals surface area contributed by atoms with Crippen LogP contribution >= 0.6 is 0 Å². The normalized spacial score (nSPS) is 10.5. The molecule has 0 saturated carbocycles. The van der Waals surface area contributed by atoms with Crippen molar-refractivity contribution in [3.63, 3.8) is 0 Å². The molecule has 1 aromatic carbocycles. The van der Waals surface area contributed by atoms with Gasteiger partial charge in [-0.3, -0.25) is 10.2 Å². The number of H-pyrrole nitrogens is 2. The topological polar surface area (TPSA) is 109 Å². The van der Waals surface area contributed by atoms with Crippen LogP contribution in [0.4, 0.5) is 0 Å². The van der Waals surface area contributed by atoms with Gasteiger partial charge in [-0.1, -0.05) is 32.0 Å². The molecule has 0 bridgehead atoms. The molecular weight excluding hydrogens is 356 g/mol. The first-order valence-electron chi connectivity index (χ1n) is 8.90. The first kappa shape index (κ1) is 17.5. The van der Waals surface area contributed by atoms with Crippen LogP contribution in [0.3, 0.4) is 0 Å². The van der Waals surface area contributed by atoms with Crippen molar-refractivity contribution in [2.75, 3.05) is 0 Å². The molecule has 0 unspecified atom stereocenters. The average molecular weight is 374 g/mol. The molecule has 5 rings (SSSR count). The molecule has 28 heavy (non-hydrogen) atoms. The van der Waals surface area contributed by atoms with Gasteiger partial charge in [-0.2, -0.15) is 10.2 Å². The van der Waals surface area contributed by atoms with E-state index in [1.165, 1.54) is 0 Å². The van der Waals surface area contributed by atoms with Crippen molar-refractivity contribution in [3.8, 4) is 45.9 Å². The minimum atomic E-state index is 0.569. The summed E-state index contributed by atoms with van der Waals surface area (Å²) in [6.07, 6.45) is 3.19. The quantitative estimate of drug-likeness (QED) is 0.467. The molecule has 0 radical (unpaired) electrons. The van der Waals surface area contributed by atoms with Gasteiger partial charge in [0.25, 0.3) is 0 Å². The van der Waals surface area contributed by atoms with Crippen molar-refractivity contribution in [2.24, 2.45) is 0 Å². The Labute approximate surface area is 160 Å². The van der Waals surface area contributed by atoms with Crippen molar-refractivity contribution >= 4 is 0 Å². The van der Waals surface area contributed by atoms with Gasteiger partial charge in [-0.05, 0) is 30.3 Å². The Bertz CT molecular complexity index is 1050. The number of nitrogens with one attached hydrogen (secondary N) is 2. The number of nitrogens with zero attached hydrogens (tertiary/aromatic N) is 4. The van der Waals surface area contributed by atoms with Gasteiger partial charge in [-0.25, -0.2) is 9.97 Å². The summed E-state index contributed by atoms with van der Waals surface area (Å²) in [6, 6.07) is 15.0. The van der Waals surface area contributed by atoms with Crippen LogP contribution in [0.5, 0.6) is 0 Å². The van der Waals surface area contributed by atoms with Crippen LogP contribution < -0.4 is 0 Å². The third-order valence-corrected chi connectivity index (χ3v) is 3.86. The Hall–Kier alpha value is -3.94. The summed E-state index contributed by atoms with van der Waals surface area (Å²) in [5, 5.41) is 14.3. The van der Waals surface area contributed by atoms with Crippen LogP contribution in [0.1, 0.15) is 13.8 Å². The molecule has 0 fully saturated rings. The van der Waals surface area contributed by atoms with Crippen LogP contribution in [0.2, 0.25) is 0 Å². The van der Waals surface area contributed by atoms with Gasteiger partial charge in [0, 0.05) is 11.1 Å². The Morgan fingerprint density at radius 1 is 0.679 bits per heavy atom. The first-order chi connectivity index (χ1) is 13.9. The van der Waals surface area contributed by atoms with E-state index in [-0.39, 0.29) is 0 Å². The SMILES string of the molecule is CC.c1cc(-c2n[nH]c(-c3ccco3)n2)cc(-c2n[nH]c(-c3ccco3)n2)c1. The van der Waals surface area contributed by atoms with Gasteiger partial charge >= 0.3 is 0 Å². The second kappa shape index (κ2) is 7.75. The second-order valence-electron chi connectivity index (χ2n) is 5.55. The van der Waals surface area contributed by atoms with E-state index < -0.39 is 0 Å². The van der Waals surface area contributed by atoms with E-state index in [2.05, 4.69) is 30.4 Å². The van der Waals surface area contributed by atoms with Gasteiger partial charge in [-0.15, -0.1) is 0 Å². The van der Waals surface area contributed by atoms with Gasteiger partial charge in [0.05, 0.1) is 12.5 Å². The molecule has 140 valence electrons. The fourth-order valence-corrected chi connectivity index (χ4v) is 2.63. The molecule has 0 atom stereocenters. The number of hydrogen-bond acceptors (Lipinski definition) is 6. The molecule has 4 aromatic heterocycles. The maximum Gasteiger partial charge on any atom is 0.192 e. The highest BCUT2D eigenvalue weighted by molar-refractivity contribution is 5.67. The molecule has 4 heterocycles. The van der Waals surface area contributed by atoms with Crippen molar-refractivity contribution < 1.29 is 8.83 Å². The molecule has 5 aromatic rings. The number of hydrogen-bond donors (Lipinski definition) is 2. The van der Waals surface area contributed by atoms with Crippen LogP contribution in [-0.4, -0.2) is 30.4 Å². The molecule has 8 heteroatoms. The number of furan rings is 2. The third-order valence-electron chi connectivity index (χ3n) is 3.86. The first-order valence-corrected chi connectivity index (χ1v) is 8.90. The minimum absolute atomic E-state index is 0.569. The van der Waals surface area contributed by atoms with E-state index in [1.807, 2.05) is 50.2 Å². The lowest BCUT2D eigenvalue weighted by atomic mass is 10.1. The fraction of sp³-hybridized carbons (Fsp3) is 0.100.